The Bertz CT molecular complexity index is 293. The lowest BCUT2D eigenvalue weighted by Crippen LogP contribution is -2.43. The van der Waals surface area contributed by atoms with Crippen molar-refractivity contribution in [2.45, 2.75) is 44.4 Å². The highest BCUT2D eigenvalue weighted by Gasteiger charge is 2.39. The quantitative estimate of drug-likeness (QED) is 0.713. The Labute approximate surface area is 115 Å². The third-order valence-electron chi connectivity index (χ3n) is 4.21. The van der Waals surface area contributed by atoms with Gasteiger partial charge in [0.2, 0.25) is 11.8 Å². The molecule has 18 heavy (non-hydrogen) atoms. The molecule has 1 aliphatic heterocycles. The normalized spacial score (nSPS) is 26.3. The van der Waals surface area contributed by atoms with Crippen LogP contribution in [0.25, 0.3) is 0 Å². The lowest BCUT2D eigenvalue weighted by Gasteiger charge is -2.35. The van der Waals surface area contributed by atoms with Crippen LogP contribution in [0.3, 0.4) is 0 Å². The number of hydrogen-bond donors (Lipinski definition) is 0. The second kappa shape index (κ2) is 5.85. The molecule has 0 aromatic heterocycles. The molecule has 1 aliphatic carbocycles. The van der Waals surface area contributed by atoms with Gasteiger partial charge in [-0.15, -0.1) is 0 Å². The van der Waals surface area contributed by atoms with Crippen molar-refractivity contribution in [3.8, 4) is 0 Å². The molecule has 5 heteroatoms. The standard InChI is InChI=1S/C13H20BrF2NO/c14-9-10-3-7-17(8-4-10)12(18)11-1-5-13(15,16)6-2-11/h10-11H,1-9H2. The van der Waals surface area contributed by atoms with Crippen LogP contribution in [0.5, 0.6) is 0 Å². The second-order valence-electron chi connectivity index (χ2n) is 5.55. The Morgan fingerprint density at radius 2 is 1.72 bits per heavy atom. The van der Waals surface area contributed by atoms with Crippen molar-refractivity contribution in [1.29, 1.82) is 0 Å². The van der Waals surface area contributed by atoms with Crippen molar-refractivity contribution in [3.05, 3.63) is 0 Å². The van der Waals surface area contributed by atoms with Gasteiger partial charge in [-0.2, -0.15) is 0 Å². The van der Waals surface area contributed by atoms with Gasteiger partial charge in [0.15, 0.2) is 0 Å². The van der Waals surface area contributed by atoms with Crippen molar-refractivity contribution in [3.63, 3.8) is 0 Å². The van der Waals surface area contributed by atoms with Gasteiger partial charge in [-0.3, -0.25) is 4.79 Å². The molecule has 2 rings (SSSR count). The summed E-state index contributed by atoms with van der Waals surface area (Å²) >= 11 is 3.47. The van der Waals surface area contributed by atoms with Gasteiger partial charge < -0.3 is 4.90 Å². The number of carbonyl (C=O) groups excluding carboxylic acids is 1. The zero-order valence-corrected chi connectivity index (χ0v) is 12.1. The van der Waals surface area contributed by atoms with Crippen LogP contribution < -0.4 is 0 Å². The van der Waals surface area contributed by atoms with Gasteiger partial charge in [-0.1, -0.05) is 15.9 Å². The summed E-state index contributed by atoms with van der Waals surface area (Å²) in [7, 11) is 0. The van der Waals surface area contributed by atoms with Gasteiger partial charge in [0.05, 0.1) is 0 Å². The van der Waals surface area contributed by atoms with E-state index in [1.807, 2.05) is 4.90 Å². The van der Waals surface area contributed by atoms with Crippen molar-refractivity contribution in [2.75, 3.05) is 18.4 Å². The molecule has 1 saturated heterocycles. The Kier molecular flexibility index (Phi) is 4.62. The fraction of sp³-hybridized carbons (Fsp3) is 0.923. The average molecular weight is 324 g/mol. The van der Waals surface area contributed by atoms with Gasteiger partial charge >= 0.3 is 0 Å². The van der Waals surface area contributed by atoms with Gasteiger partial charge in [0, 0.05) is 37.2 Å². The first-order valence-corrected chi connectivity index (χ1v) is 7.86. The number of piperidine rings is 1. The third-order valence-corrected chi connectivity index (χ3v) is 5.13. The van der Waals surface area contributed by atoms with Crippen LogP contribution in [0.2, 0.25) is 0 Å². The zero-order valence-electron chi connectivity index (χ0n) is 10.5. The Hall–Kier alpha value is -0.190. The molecular formula is C13H20BrF2NO. The van der Waals surface area contributed by atoms with Crippen molar-refractivity contribution in [1.82, 2.24) is 4.90 Å². The summed E-state index contributed by atoms with van der Waals surface area (Å²) in [6.07, 6.45) is 2.51. The number of amides is 1. The smallest absolute Gasteiger partial charge is 0.248 e. The molecule has 0 radical (unpaired) electrons. The summed E-state index contributed by atoms with van der Waals surface area (Å²) in [6.45, 7) is 1.59. The minimum Gasteiger partial charge on any atom is -0.342 e. The molecule has 0 spiro atoms. The van der Waals surface area contributed by atoms with E-state index >= 15 is 0 Å². The molecule has 0 N–H and O–H groups in total. The van der Waals surface area contributed by atoms with E-state index in [2.05, 4.69) is 15.9 Å². The molecule has 2 nitrogen and oxygen atoms in total. The first-order chi connectivity index (χ1) is 8.52. The number of likely N-dealkylation sites (tertiary alicyclic amines) is 1. The number of halogens is 3. The summed E-state index contributed by atoms with van der Waals surface area (Å²) in [6, 6.07) is 0. The molecule has 0 unspecified atom stereocenters. The van der Waals surface area contributed by atoms with E-state index in [1.165, 1.54) is 0 Å². The second-order valence-corrected chi connectivity index (χ2v) is 6.20. The Morgan fingerprint density at radius 1 is 1.17 bits per heavy atom. The fourth-order valence-electron chi connectivity index (χ4n) is 2.85. The summed E-state index contributed by atoms with van der Waals surface area (Å²) in [4.78, 5) is 14.1. The van der Waals surface area contributed by atoms with E-state index in [1.54, 1.807) is 0 Å². The van der Waals surface area contributed by atoms with Crippen LogP contribution in [-0.2, 0) is 4.79 Å². The SMILES string of the molecule is O=C(C1CCC(F)(F)CC1)N1CCC(CBr)CC1. The monoisotopic (exact) mass is 323 g/mol. The van der Waals surface area contributed by atoms with Crippen LogP contribution in [0.4, 0.5) is 8.78 Å². The highest BCUT2D eigenvalue weighted by Crippen LogP contribution is 2.37. The molecular weight excluding hydrogens is 304 g/mol. The minimum absolute atomic E-state index is 0.110. The molecule has 0 atom stereocenters. The van der Waals surface area contributed by atoms with Crippen LogP contribution in [0.1, 0.15) is 38.5 Å². The number of nitrogens with zero attached hydrogens (tertiary/aromatic N) is 1. The van der Waals surface area contributed by atoms with E-state index in [0.29, 0.717) is 18.8 Å². The van der Waals surface area contributed by atoms with E-state index in [9.17, 15) is 13.6 Å². The maximum absolute atomic E-state index is 13.1. The first kappa shape index (κ1) is 14.2. The average Bonchev–Trinajstić information content (AvgIpc) is 2.38. The molecule has 2 fully saturated rings. The summed E-state index contributed by atoms with van der Waals surface area (Å²) in [5.41, 5.74) is 0. The highest BCUT2D eigenvalue weighted by atomic mass is 79.9. The molecule has 2 aliphatic rings. The predicted octanol–water partition coefficient (Wildman–Crippen LogP) is 3.45. The Morgan fingerprint density at radius 3 is 2.22 bits per heavy atom. The van der Waals surface area contributed by atoms with E-state index in [-0.39, 0.29) is 24.7 Å². The molecule has 0 aromatic rings. The third kappa shape index (κ3) is 3.43. The number of carbonyl (C=O) groups is 1. The number of rotatable bonds is 2. The summed E-state index contributed by atoms with van der Waals surface area (Å²) < 4.78 is 26.1. The van der Waals surface area contributed by atoms with Crippen molar-refractivity contribution >= 4 is 21.8 Å². The molecule has 1 amide bonds. The largest absolute Gasteiger partial charge is 0.342 e. The van der Waals surface area contributed by atoms with Crippen LogP contribution in [0.15, 0.2) is 0 Å². The lowest BCUT2D eigenvalue weighted by molar-refractivity contribution is -0.141. The van der Waals surface area contributed by atoms with E-state index < -0.39 is 5.92 Å². The Balaban J connectivity index is 1.82. The van der Waals surface area contributed by atoms with Gasteiger partial charge in [-0.25, -0.2) is 8.78 Å². The predicted molar refractivity (Wildman–Crippen MR) is 70.0 cm³/mol. The number of alkyl halides is 3. The fourth-order valence-corrected chi connectivity index (χ4v) is 3.50. The first-order valence-electron chi connectivity index (χ1n) is 6.74. The molecule has 1 saturated carbocycles. The minimum atomic E-state index is -2.54. The molecule has 0 aromatic carbocycles. The van der Waals surface area contributed by atoms with E-state index in [0.717, 1.165) is 31.3 Å². The van der Waals surface area contributed by atoms with Gasteiger partial charge in [0.1, 0.15) is 0 Å². The van der Waals surface area contributed by atoms with Crippen LogP contribution in [0, 0.1) is 11.8 Å². The summed E-state index contributed by atoms with van der Waals surface area (Å²) in [5.74, 6) is -1.94. The van der Waals surface area contributed by atoms with E-state index in [4.69, 9.17) is 0 Å². The van der Waals surface area contributed by atoms with Crippen LogP contribution in [-0.4, -0.2) is 35.1 Å². The van der Waals surface area contributed by atoms with Crippen molar-refractivity contribution < 1.29 is 13.6 Å². The van der Waals surface area contributed by atoms with Crippen molar-refractivity contribution in [2.24, 2.45) is 11.8 Å². The summed E-state index contributed by atoms with van der Waals surface area (Å²) in [5, 5.41) is 0.991. The zero-order chi connectivity index (χ0) is 13.2. The number of hydrogen-bond acceptors (Lipinski definition) is 1. The topological polar surface area (TPSA) is 20.3 Å². The molecule has 0 bridgehead atoms. The highest BCUT2D eigenvalue weighted by molar-refractivity contribution is 9.09. The maximum Gasteiger partial charge on any atom is 0.248 e. The van der Waals surface area contributed by atoms with Crippen LogP contribution >= 0.6 is 15.9 Å². The molecule has 104 valence electrons. The molecule has 1 heterocycles. The lowest BCUT2D eigenvalue weighted by atomic mass is 9.85. The van der Waals surface area contributed by atoms with Gasteiger partial charge in [-0.05, 0) is 31.6 Å². The maximum atomic E-state index is 13.1. The van der Waals surface area contributed by atoms with Gasteiger partial charge in [0.25, 0.3) is 0 Å².